The van der Waals surface area contributed by atoms with Gasteiger partial charge in [-0.05, 0) is 47.4 Å². The first-order valence-corrected chi connectivity index (χ1v) is 11.4. The zero-order valence-corrected chi connectivity index (χ0v) is 17.1. The summed E-state index contributed by atoms with van der Waals surface area (Å²) in [6.07, 6.45) is 9.75. The van der Waals surface area contributed by atoms with Crippen molar-refractivity contribution >= 4 is 11.3 Å². The second-order valence-corrected chi connectivity index (χ2v) is 9.16. The van der Waals surface area contributed by atoms with Crippen LogP contribution in [0, 0.1) is 0 Å². The fourth-order valence-corrected chi connectivity index (χ4v) is 5.47. The number of fused-ring (bicyclic) bond motifs is 1. The quantitative estimate of drug-likeness (QED) is 0.564. The monoisotopic (exact) mass is 389 g/mol. The summed E-state index contributed by atoms with van der Waals surface area (Å²) in [4.78, 5) is 13.7. The van der Waals surface area contributed by atoms with Gasteiger partial charge in [0.2, 0.25) is 0 Å². The number of aromatic nitrogens is 2. The summed E-state index contributed by atoms with van der Waals surface area (Å²) < 4.78 is 0. The van der Waals surface area contributed by atoms with Crippen molar-refractivity contribution in [3.8, 4) is 11.1 Å². The Bertz CT molecular complexity index is 928. The minimum atomic E-state index is 0.583. The maximum absolute atomic E-state index is 5.03. The van der Waals surface area contributed by atoms with E-state index < -0.39 is 0 Å². The van der Waals surface area contributed by atoms with Gasteiger partial charge >= 0.3 is 0 Å². The Morgan fingerprint density at radius 2 is 1.89 bits per heavy atom. The molecule has 3 heterocycles. The van der Waals surface area contributed by atoms with Crippen LogP contribution in [0.2, 0.25) is 0 Å². The van der Waals surface area contributed by atoms with E-state index in [1.165, 1.54) is 59.4 Å². The van der Waals surface area contributed by atoms with Crippen LogP contribution in [0.25, 0.3) is 11.1 Å². The second kappa shape index (κ2) is 8.14. The van der Waals surface area contributed by atoms with E-state index in [1.54, 1.807) is 0 Å². The maximum atomic E-state index is 5.03. The van der Waals surface area contributed by atoms with Gasteiger partial charge in [0.1, 0.15) is 5.82 Å². The van der Waals surface area contributed by atoms with Gasteiger partial charge in [0, 0.05) is 36.6 Å². The number of rotatable bonds is 4. The van der Waals surface area contributed by atoms with Gasteiger partial charge in [0.05, 0.1) is 5.69 Å². The van der Waals surface area contributed by atoms with Crippen molar-refractivity contribution in [2.75, 3.05) is 6.54 Å². The summed E-state index contributed by atoms with van der Waals surface area (Å²) in [5.74, 6) is 1.68. The highest BCUT2D eigenvalue weighted by Crippen LogP contribution is 2.32. The summed E-state index contributed by atoms with van der Waals surface area (Å²) in [5.41, 5.74) is 5.26. The molecule has 2 aromatic heterocycles. The molecular formula is C24H27N3S. The van der Waals surface area contributed by atoms with Gasteiger partial charge in [-0.15, -0.1) is 11.3 Å². The highest BCUT2D eigenvalue weighted by atomic mass is 32.1. The maximum Gasteiger partial charge on any atom is 0.131 e. The van der Waals surface area contributed by atoms with Crippen LogP contribution >= 0.6 is 11.3 Å². The highest BCUT2D eigenvalue weighted by Gasteiger charge is 2.23. The van der Waals surface area contributed by atoms with E-state index in [2.05, 4.69) is 52.9 Å². The summed E-state index contributed by atoms with van der Waals surface area (Å²) in [6.45, 7) is 3.06. The first-order chi connectivity index (χ1) is 13.8. The van der Waals surface area contributed by atoms with Gasteiger partial charge < -0.3 is 0 Å². The zero-order chi connectivity index (χ0) is 18.8. The molecule has 1 aromatic carbocycles. The van der Waals surface area contributed by atoms with E-state index in [4.69, 9.17) is 9.97 Å². The topological polar surface area (TPSA) is 29.0 Å². The molecule has 0 unspecified atom stereocenters. The molecule has 1 fully saturated rings. The smallest absolute Gasteiger partial charge is 0.131 e. The fraction of sp³-hybridized carbons (Fsp3) is 0.417. The van der Waals surface area contributed by atoms with Crippen LogP contribution in [0.15, 0.2) is 48.0 Å². The first kappa shape index (κ1) is 18.0. The van der Waals surface area contributed by atoms with Gasteiger partial charge in [-0.3, -0.25) is 4.90 Å². The number of hydrogen-bond donors (Lipinski definition) is 0. The number of nitrogens with zero attached hydrogens (tertiary/aromatic N) is 3. The fourth-order valence-electron chi connectivity index (χ4n) is 4.53. The lowest BCUT2D eigenvalue weighted by atomic mass is 9.88. The molecule has 0 radical (unpaired) electrons. The van der Waals surface area contributed by atoms with E-state index in [9.17, 15) is 0 Å². The molecular weight excluding hydrogens is 362 g/mol. The molecule has 3 nitrogen and oxygen atoms in total. The van der Waals surface area contributed by atoms with Gasteiger partial charge in [0.25, 0.3) is 0 Å². The third kappa shape index (κ3) is 3.89. The van der Waals surface area contributed by atoms with E-state index in [-0.39, 0.29) is 0 Å². The molecule has 144 valence electrons. The van der Waals surface area contributed by atoms with Crippen molar-refractivity contribution in [3.63, 3.8) is 0 Å². The van der Waals surface area contributed by atoms with Crippen molar-refractivity contribution < 1.29 is 0 Å². The number of thiophene rings is 1. The average molecular weight is 390 g/mol. The van der Waals surface area contributed by atoms with Crippen molar-refractivity contribution in [1.29, 1.82) is 0 Å². The lowest BCUT2D eigenvalue weighted by Crippen LogP contribution is -2.31. The van der Waals surface area contributed by atoms with Crippen LogP contribution in [0.4, 0.5) is 0 Å². The molecule has 0 spiro atoms. The van der Waals surface area contributed by atoms with Crippen molar-refractivity contribution in [2.45, 2.75) is 57.5 Å². The van der Waals surface area contributed by atoms with Crippen LogP contribution < -0.4 is 0 Å². The Morgan fingerprint density at radius 3 is 2.75 bits per heavy atom. The molecule has 2 aliphatic rings. The molecule has 0 N–H and O–H groups in total. The lowest BCUT2D eigenvalue weighted by molar-refractivity contribution is 0.242. The molecule has 0 atom stereocenters. The molecule has 0 saturated heterocycles. The number of hydrogen-bond acceptors (Lipinski definition) is 4. The van der Waals surface area contributed by atoms with Crippen molar-refractivity contribution in [3.05, 3.63) is 69.9 Å². The Kier molecular flexibility index (Phi) is 5.24. The van der Waals surface area contributed by atoms with Gasteiger partial charge in [-0.25, -0.2) is 9.97 Å². The zero-order valence-electron chi connectivity index (χ0n) is 16.3. The predicted octanol–water partition coefficient (Wildman–Crippen LogP) is 5.81. The van der Waals surface area contributed by atoms with Gasteiger partial charge in [-0.1, -0.05) is 49.6 Å². The Balaban J connectivity index is 1.28. The molecule has 5 rings (SSSR count). The Morgan fingerprint density at radius 1 is 1.04 bits per heavy atom. The van der Waals surface area contributed by atoms with Crippen LogP contribution in [-0.2, 0) is 19.5 Å². The van der Waals surface area contributed by atoms with Crippen LogP contribution in [0.5, 0.6) is 0 Å². The Hall–Kier alpha value is -2.04. The molecule has 28 heavy (non-hydrogen) atoms. The molecule has 1 saturated carbocycles. The van der Waals surface area contributed by atoms with Crippen molar-refractivity contribution in [2.24, 2.45) is 0 Å². The minimum absolute atomic E-state index is 0.583. The van der Waals surface area contributed by atoms with E-state index in [0.29, 0.717) is 5.92 Å². The summed E-state index contributed by atoms with van der Waals surface area (Å²) in [7, 11) is 0. The summed E-state index contributed by atoms with van der Waals surface area (Å²) in [6, 6.07) is 13.0. The number of benzene rings is 1. The van der Waals surface area contributed by atoms with E-state index in [0.717, 1.165) is 31.9 Å². The lowest BCUT2D eigenvalue weighted by Gasteiger charge is -2.28. The summed E-state index contributed by atoms with van der Waals surface area (Å²) in [5, 5.41) is 2.28. The normalized spacial score (nSPS) is 18.1. The third-order valence-corrected chi connectivity index (χ3v) is 7.08. The molecule has 1 aliphatic heterocycles. The van der Waals surface area contributed by atoms with E-state index >= 15 is 0 Å². The van der Waals surface area contributed by atoms with Gasteiger partial charge in [-0.2, -0.15) is 0 Å². The van der Waals surface area contributed by atoms with E-state index in [1.807, 2.05) is 11.3 Å². The largest absolute Gasteiger partial charge is 0.292 e. The van der Waals surface area contributed by atoms with Crippen LogP contribution in [0.3, 0.4) is 0 Å². The third-order valence-electron chi connectivity index (χ3n) is 6.15. The molecule has 3 aromatic rings. The molecule has 0 bridgehead atoms. The molecule has 1 aliphatic carbocycles. The average Bonchev–Trinajstić information content (AvgIpc) is 3.23. The second-order valence-electron chi connectivity index (χ2n) is 8.16. The highest BCUT2D eigenvalue weighted by molar-refractivity contribution is 7.10. The predicted molar refractivity (Wildman–Crippen MR) is 115 cm³/mol. The first-order valence-electron chi connectivity index (χ1n) is 10.5. The molecule has 0 amide bonds. The van der Waals surface area contributed by atoms with Crippen LogP contribution in [-0.4, -0.2) is 21.4 Å². The summed E-state index contributed by atoms with van der Waals surface area (Å²) >= 11 is 1.87. The molecule has 4 heteroatoms. The van der Waals surface area contributed by atoms with Crippen LogP contribution in [0.1, 0.15) is 60.0 Å². The Labute approximate surface area is 171 Å². The standard InChI is InChI=1S/C24H27N3S/c1-3-7-18(8-4-1)21-13-22(28-17-21)15-27-12-11-20-14-25-24(26-23(20)16-27)19-9-5-2-6-10-19/h1,3-4,7-8,13-14,17,19H,2,5-6,9-12,15-16H2. The van der Waals surface area contributed by atoms with Gasteiger partial charge in [0.15, 0.2) is 0 Å². The minimum Gasteiger partial charge on any atom is -0.292 e. The van der Waals surface area contributed by atoms with Crippen molar-refractivity contribution in [1.82, 2.24) is 14.9 Å². The SMILES string of the molecule is c1ccc(-c2csc(CN3CCc4cnc(C5CCCCC5)nc4C3)c2)cc1.